The highest BCUT2D eigenvalue weighted by Crippen LogP contribution is 2.36. The molecule has 1 amide bonds. The second-order valence-electron chi connectivity index (χ2n) is 4.10. The maximum absolute atomic E-state index is 11.7. The van der Waals surface area contributed by atoms with Crippen LogP contribution in [0.5, 0.6) is 5.75 Å². The van der Waals surface area contributed by atoms with Crippen LogP contribution in [0.3, 0.4) is 0 Å². The van der Waals surface area contributed by atoms with Crippen molar-refractivity contribution in [3.8, 4) is 5.75 Å². The van der Waals surface area contributed by atoms with Gasteiger partial charge in [-0.25, -0.2) is 4.79 Å². The third kappa shape index (κ3) is 2.02. The standard InChI is InChI=1S/C13H11BrN2O3/c1-18-12-9-6-8(14)2-3-10(9)15-7-11(12)16-4-5-19-13(16)17/h2-3,6-7H,4-5H2,1H3. The lowest BCUT2D eigenvalue weighted by Gasteiger charge is -2.17. The molecule has 19 heavy (non-hydrogen) atoms. The fourth-order valence-electron chi connectivity index (χ4n) is 2.15. The van der Waals surface area contributed by atoms with Crippen LogP contribution in [0.25, 0.3) is 10.9 Å². The predicted octanol–water partition coefficient (Wildman–Crippen LogP) is 2.96. The molecule has 5 nitrogen and oxygen atoms in total. The van der Waals surface area contributed by atoms with Crippen molar-refractivity contribution in [3.05, 3.63) is 28.9 Å². The van der Waals surface area contributed by atoms with Gasteiger partial charge < -0.3 is 9.47 Å². The molecule has 1 aromatic heterocycles. The lowest BCUT2D eigenvalue weighted by Crippen LogP contribution is -2.24. The summed E-state index contributed by atoms with van der Waals surface area (Å²) in [6.45, 7) is 0.898. The Morgan fingerprint density at radius 1 is 1.47 bits per heavy atom. The first kappa shape index (κ1) is 12.2. The normalized spacial score (nSPS) is 14.8. The molecule has 1 fully saturated rings. The first-order valence-electron chi connectivity index (χ1n) is 5.77. The average molecular weight is 323 g/mol. The number of halogens is 1. The molecule has 1 aliphatic heterocycles. The van der Waals surface area contributed by atoms with Crippen molar-refractivity contribution in [2.24, 2.45) is 0 Å². The van der Waals surface area contributed by atoms with Crippen LogP contribution in [0, 0.1) is 0 Å². The maximum atomic E-state index is 11.7. The number of nitrogens with zero attached hydrogens (tertiary/aromatic N) is 2. The van der Waals surface area contributed by atoms with Crippen molar-refractivity contribution >= 4 is 38.6 Å². The van der Waals surface area contributed by atoms with Crippen LogP contribution in [-0.2, 0) is 4.74 Å². The number of benzene rings is 1. The SMILES string of the molecule is COc1c(N2CCOC2=O)cnc2ccc(Br)cc12. The van der Waals surface area contributed by atoms with Crippen LogP contribution >= 0.6 is 15.9 Å². The smallest absolute Gasteiger partial charge is 0.414 e. The third-order valence-corrected chi connectivity index (χ3v) is 3.51. The molecule has 0 N–H and O–H groups in total. The van der Waals surface area contributed by atoms with Crippen LogP contribution in [-0.4, -0.2) is 31.3 Å². The summed E-state index contributed by atoms with van der Waals surface area (Å²) < 4.78 is 11.3. The van der Waals surface area contributed by atoms with E-state index in [1.165, 1.54) is 4.90 Å². The van der Waals surface area contributed by atoms with E-state index in [1.807, 2.05) is 18.2 Å². The van der Waals surface area contributed by atoms with Gasteiger partial charge in [-0.05, 0) is 18.2 Å². The Kier molecular flexibility index (Phi) is 3.02. The molecule has 0 radical (unpaired) electrons. The number of hydrogen-bond acceptors (Lipinski definition) is 4. The highest BCUT2D eigenvalue weighted by atomic mass is 79.9. The van der Waals surface area contributed by atoms with Crippen LogP contribution in [0.2, 0.25) is 0 Å². The first-order chi connectivity index (χ1) is 9.20. The Morgan fingerprint density at radius 2 is 2.32 bits per heavy atom. The minimum Gasteiger partial charge on any atom is -0.494 e. The van der Waals surface area contributed by atoms with E-state index in [0.29, 0.717) is 24.6 Å². The summed E-state index contributed by atoms with van der Waals surface area (Å²) >= 11 is 3.43. The number of methoxy groups -OCH3 is 1. The van der Waals surface area contributed by atoms with Gasteiger partial charge in [0, 0.05) is 9.86 Å². The zero-order chi connectivity index (χ0) is 13.4. The fraction of sp³-hybridized carbons (Fsp3) is 0.231. The molecule has 0 saturated carbocycles. The summed E-state index contributed by atoms with van der Waals surface area (Å²) in [5.41, 5.74) is 1.45. The van der Waals surface area contributed by atoms with Crippen LogP contribution < -0.4 is 9.64 Å². The zero-order valence-corrected chi connectivity index (χ0v) is 11.8. The van der Waals surface area contributed by atoms with E-state index < -0.39 is 0 Å². The number of hydrogen-bond donors (Lipinski definition) is 0. The van der Waals surface area contributed by atoms with Gasteiger partial charge in [0.25, 0.3) is 0 Å². The largest absolute Gasteiger partial charge is 0.494 e. The van der Waals surface area contributed by atoms with Gasteiger partial charge in [-0.2, -0.15) is 0 Å². The van der Waals surface area contributed by atoms with E-state index in [9.17, 15) is 4.79 Å². The van der Waals surface area contributed by atoms with Crippen molar-refractivity contribution < 1.29 is 14.3 Å². The third-order valence-electron chi connectivity index (χ3n) is 3.02. The molecule has 6 heteroatoms. The summed E-state index contributed by atoms with van der Waals surface area (Å²) in [6, 6.07) is 5.73. The second kappa shape index (κ2) is 4.70. The average Bonchev–Trinajstić information content (AvgIpc) is 2.83. The topological polar surface area (TPSA) is 51.7 Å². The van der Waals surface area contributed by atoms with Crippen LogP contribution in [0.4, 0.5) is 10.5 Å². The number of pyridine rings is 1. The number of carbonyl (C=O) groups excluding carboxylic acids is 1. The molecule has 0 bridgehead atoms. The van der Waals surface area contributed by atoms with Gasteiger partial charge >= 0.3 is 6.09 Å². The number of rotatable bonds is 2. The fourth-order valence-corrected chi connectivity index (χ4v) is 2.51. The number of ether oxygens (including phenoxy) is 2. The molecule has 3 rings (SSSR count). The highest BCUT2D eigenvalue weighted by Gasteiger charge is 2.27. The van der Waals surface area contributed by atoms with Crippen molar-refractivity contribution in [2.45, 2.75) is 0 Å². The highest BCUT2D eigenvalue weighted by molar-refractivity contribution is 9.10. The molecule has 2 heterocycles. The molecule has 98 valence electrons. The van der Waals surface area contributed by atoms with Gasteiger partial charge in [-0.1, -0.05) is 15.9 Å². The van der Waals surface area contributed by atoms with Crippen molar-refractivity contribution in [3.63, 3.8) is 0 Å². The van der Waals surface area contributed by atoms with Gasteiger partial charge in [-0.15, -0.1) is 0 Å². The number of anilines is 1. The summed E-state index contributed by atoms with van der Waals surface area (Å²) in [5, 5.41) is 0.856. The molecule has 0 spiro atoms. The summed E-state index contributed by atoms with van der Waals surface area (Å²) in [6.07, 6.45) is 1.27. The summed E-state index contributed by atoms with van der Waals surface area (Å²) in [4.78, 5) is 17.6. The molecule has 0 atom stereocenters. The molecule has 1 aromatic carbocycles. The number of aromatic nitrogens is 1. The van der Waals surface area contributed by atoms with E-state index in [1.54, 1.807) is 13.3 Å². The van der Waals surface area contributed by atoms with E-state index in [4.69, 9.17) is 9.47 Å². The predicted molar refractivity (Wildman–Crippen MR) is 74.7 cm³/mol. The Hall–Kier alpha value is -1.82. The molecule has 0 unspecified atom stereocenters. The molecular formula is C13H11BrN2O3. The molecular weight excluding hydrogens is 312 g/mol. The van der Waals surface area contributed by atoms with E-state index in [0.717, 1.165) is 15.4 Å². The first-order valence-corrected chi connectivity index (χ1v) is 6.56. The van der Waals surface area contributed by atoms with Crippen molar-refractivity contribution in [1.82, 2.24) is 4.98 Å². The van der Waals surface area contributed by atoms with E-state index in [-0.39, 0.29) is 6.09 Å². The Labute approximate surface area is 118 Å². The number of amides is 1. The molecule has 1 saturated heterocycles. The quantitative estimate of drug-likeness (QED) is 0.853. The lowest BCUT2D eigenvalue weighted by atomic mass is 10.2. The van der Waals surface area contributed by atoms with Gasteiger partial charge in [0.05, 0.1) is 25.4 Å². The molecule has 0 aliphatic carbocycles. The zero-order valence-electron chi connectivity index (χ0n) is 10.2. The minimum atomic E-state index is -0.366. The van der Waals surface area contributed by atoms with Crippen LogP contribution in [0.15, 0.2) is 28.9 Å². The minimum absolute atomic E-state index is 0.366. The lowest BCUT2D eigenvalue weighted by molar-refractivity contribution is 0.181. The van der Waals surface area contributed by atoms with Gasteiger partial charge in [0.15, 0.2) is 5.75 Å². The Morgan fingerprint density at radius 3 is 3.00 bits per heavy atom. The molecule has 1 aliphatic rings. The monoisotopic (exact) mass is 322 g/mol. The van der Waals surface area contributed by atoms with Gasteiger partial charge in [0.2, 0.25) is 0 Å². The second-order valence-corrected chi connectivity index (χ2v) is 5.02. The van der Waals surface area contributed by atoms with Gasteiger partial charge in [0.1, 0.15) is 12.3 Å². The maximum Gasteiger partial charge on any atom is 0.414 e. The van der Waals surface area contributed by atoms with Gasteiger partial charge in [-0.3, -0.25) is 9.88 Å². The summed E-state index contributed by atoms with van der Waals surface area (Å²) in [7, 11) is 1.58. The number of fused-ring (bicyclic) bond motifs is 1. The van der Waals surface area contributed by atoms with Crippen molar-refractivity contribution in [2.75, 3.05) is 25.2 Å². The Bertz CT molecular complexity index is 660. The molecule has 2 aromatic rings. The van der Waals surface area contributed by atoms with Crippen molar-refractivity contribution in [1.29, 1.82) is 0 Å². The van der Waals surface area contributed by atoms with E-state index >= 15 is 0 Å². The number of cyclic esters (lactones) is 1. The number of carbonyl (C=O) groups is 1. The van der Waals surface area contributed by atoms with E-state index in [2.05, 4.69) is 20.9 Å². The van der Waals surface area contributed by atoms with Crippen LogP contribution in [0.1, 0.15) is 0 Å². The Balaban J connectivity index is 2.22. The summed E-state index contributed by atoms with van der Waals surface area (Å²) in [5.74, 6) is 0.630.